The van der Waals surface area contributed by atoms with Crippen molar-refractivity contribution in [1.82, 2.24) is 5.43 Å². The molecule has 0 unspecified atom stereocenters. The standard InChI is InChI=1S/C23H23N3O3/c1-28-21-13-9-20(10-14-21)24-16-23(27)26-25-15-18-7-11-22(12-8-18)29-17-19-5-3-2-4-6-19/h2-15,24H,16-17H2,1H3,(H,26,27)/b25-15-. The summed E-state index contributed by atoms with van der Waals surface area (Å²) in [7, 11) is 1.61. The maximum absolute atomic E-state index is 11.9. The number of benzene rings is 3. The lowest BCUT2D eigenvalue weighted by atomic mass is 10.2. The summed E-state index contributed by atoms with van der Waals surface area (Å²) in [6.45, 7) is 0.640. The van der Waals surface area contributed by atoms with Crippen molar-refractivity contribution in [1.29, 1.82) is 0 Å². The van der Waals surface area contributed by atoms with Crippen molar-refractivity contribution in [2.24, 2.45) is 5.10 Å². The van der Waals surface area contributed by atoms with E-state index in [1.54, 1.807) is 13.3 Å². The second kappa shape index (κ2) is 10.5. The van der Waals surface area contributed by atoms with Gasteiger partial charge < -0.3 is 14.8 Å². The van der Waals surface area contributed by atoms with Crippen molar-refractivity contribution in [3.8, 4) is 11.5 Å². The Bertz CT molecular complexity index is 924. The quantitative estimate of drug-likeness (QED) is 0.431. The van der Waals surface area contributed by atoms with E-state index in [0.29, 0.717) is 6.61 Å². The first-order valence-corrected chi connectivity index (χ1v) is 9.19. The summed E-state index contributed by atoms with van der Waals surface area (Å²) in [6.07, 6.45) is 1.59. The number of nitrogens with one attached hydrogen (secondary N) is 2. The SMILES string of the molecule is COc1ccc(NCC(=O)N/N=C\c2ccc(OCc3ccccc3)cc2)cc1. The summed E-state index contributed by atoms with van der Waals surface area (Å²) < 4.78 is 10.8. The number of amides is 1. The van der Waals surface area contributed by atoms with Crippen LogP contribution in [0.3, 0.4) is 0 Å². The lowest BCUT2D eigenvalue weighted by Crippen LogP contribution is -2.25. The van der Waals surface area contributed by atoms with E-state index in [4.69, 9.17) is 9.47 Å². The molecule has 0 saturated heterocycles. The number of carbonyl (C=O) groups is 1. The molecule has 0 fully saturated rings. The molecule has 0 heterocycles. The van der Waals surface area contributed by atoms with E-state index in [1.165, 1.54) is 0 Å². The van der Waals surface area contributed by atoms with Crippen molar-refractivity contribution in [2.45, 2.75) is 6.61 Å². The van der Waals surface area contributed by atoms with Crippen LogP contribution in [0.5, 0.6) is 11.5 Å². The summed E-state index contributed by atoms with van der Waals surface area (Å²) in [6, 6.07) is 24.8. The molecule has 0 bridgehead atoms. The minimum Gasteiger partial charge on any atom is -0.497 e. The van der Waals surface area contributed by atoms with E-state index in [9.17, 15) is 4.79 Å². The predicted molar refractivity (Wildman–Crippen MR) is 114 cm³/mol. The molecule has 1 amide bonds. The van der Waals surface area contributed by atoms with Gasteiger partial charge in [0.2, 0.25) is 0 Å². The van der Waals surface area contributed by atoms with Gasteiger partial charge in [-0.05, 0) is 59.7 Å². The maximum atomic E-state index is 11.9. The number of methoxy groups -OCH3 is 1. The van der Waals surface area contributed by atoms with E-state index in [2.05, 4.69) is 15.8 Å². The second-order valence-corrected chi connectivity index (χ2v) is 6.22. The third-order valence-electron chi connectivity index (χ3n) is 4.07. The van der Waals surface area contributed by atoms with Crippen LogP contribution >= 0.6 is 0 Å². The van der Waals surface area contributed by atoms with Crippen LogP contribution in [0.4, 0.5) is 5.69 Å². The zero-order valence-electron chi connectivity index (χ0n) is 16.2. The zero-order valence-corrected chi connectivity index (χ0v) is 16.2. The van der Waals surface area contributed by atoms with Crippen LogP contribution in [0.15, 0.2) is 84.0 Å². The molecule has 3 rings (SSSR count). The number of anilines is 1. The normalized spacial score (nSPS) is 10.5. The monoisotopic (exact) mass is 389 g/mol. The molecule has 0 aliphatic heterocycles. The predicted octanol–water partition coefficient (Wildman–Crippen LogP) is 3.84. The number of hydrazone groups is 1. The van der Waals surface area contributed by atoms with Gasteiger partial charge in [0.25, 0.3) is 5.91 Å². The van der Waals surface area contributed by atoms with Gasteiger partial charge in [-0.1, -0.05) is 30.3 Å². The summed E-state index contributed by atoms with van der Waals surface area (Å²) in [5.41, 5.74) is 5.30. The van der Waals surface area contributed by atoms with Gasteiger partial charge in [0.05, 0.1) is 19.9 Å². The Kier molecular flexibility index (Phi) is 7.23. The average Bonchev–Trinajstić information content (AvgIpc) is 2.78. The lowest BCUT2D eigenvalue weighted by Gasteiger charge is -2.07. The Hall–Kier alpha value is -3.80. The Morgan fingerprint density at radius 2 is 1.62 bits per heavy atom. The van der Waals surface area contributed by atoms with E-state index < -0.39 is 0 Å². The zero-order chi connectivity index (χ0) is 20.3. The molecule has 29 heavy (non-hydrogen) atoms. The van der Waals surface area contributed by atoms with Gasteiger partial charge >= 0.3 is 0 Å². The Labute approximate surface area is 170 Å². The molecule has 0 aromatic heterocycles. The number of ether oxygens (including phenoxy) is 2. The first-order valence-electron chi connectivity index (χ1n) is 9.19. The molecule has 148 valence electrons. The van der Waals surface area contributed by atoms with Crippen LogP contribution in [0.25, 0.3) is 0 Å². The third-order valence-corrected chi connectivity index (χ3v) is 4.07. The number of nitrogens with zero attached hydrogens (tertiary/aromatic N) is 1. The molecule has 3 aromatic rings. The molecular formula is C23H23N3O3. The Balaban J connectivity index is 1.40. The first-order chi connectivity index (χ1) is 14.2. The molecular weight excluding hydrogens is 366 g/mol. The van der Waals surface area contributed by atoms with E-state index in [-0.39, 0.29) is 12.5 Å². The summed E-state index contributed by atoms with van der Waals surface area (Å²) >= 11 is 0. The minimum absolute atomic E-state index is 0.121. The first kappa shape index (κ1) is 19.9. The molecule has 0 atom stereocenters. The van der Waals surface area contributed by atoms with Crippen LogP contribution in [0.2, 0.25) is 0 Å². The molecule has 0 saturated carbocycles. The molecule has 0 aliphatic carbocycles. The van der Waals surface area contributed by atoms with E-state index >= 15 is 0 Å². The molecule has 6 heteroatoms. The van der Waals surface area contributed by atoms with Gasteiger partial charge in [-0.2, -0.15) is 5.10 Å². The van der Waals surface area contributed by atoms with E-state index in [0.717, 1.165) is 28.3 Å². The second-order valence-electron chi connectivity index (χ2n) is 6.22. The fourth-order valence-corrected chi connectivity index (χ4v) is 2.50. The highest BCUT2D eigenvalue weighted by Crippen LogP contribution is 2.15. The summed E-state index contributed by atoms with van der Waals surface area (Å²) in [5.74, 6) is 1.31. The summed E-state index contributed by atoms with van der Waals surface area (Å²) in [5, 5.41) is 7.00. The molecule has 0 aliphatic rings. The van der Waals surface area contributed by atoms with Crippen LogP contribution in [0.1, 0.15) is 11.1 Å². The Morgan fingerprint density at radius 1 is 0.931 bits per heavy atom. The van der Waals surface area contributed by atoms with Crippen molar-refractivity contribution in [3.05, 3.63) is 90.0 Å². The van der Waals surface area contributed by atoms with Crippen molar-refractivity contribution < 1.29 is 14.3 Å². The number of hydrogen-bond acceptors (Lipinski definition) is 5. The van der Waals surface area contributed by atoms with E-state index in [1.807, 2.05) is 78.9 Å². The van der Waals surface area contributed by atoms with Crippen LogP contribution < -0.4 is 20.2 Å². The maximum Gasteiger partial charge on any atom is 0.259 e. The van der Waals surface area contributed by atoms with Crippen LogP contribution in [-0.4, -0.2) is 25.8 Å². The lowest BCUT2D eigenvalue weighted by molar-refractivity contribution is -0.119. The van der Waals surface area contributed by atoms with Gasteiger partial charge in [0.15, 0.2) is 0 Å². The summed E-state index contributed by atoms with van der Waals surface area (Å²) in [4.78, 5) is 11.9. The van der Waals surface area contributed by atoms with Crippen molar-refractivity contribution in [3.63, 3.8) is 0 Å². The van der Waals surface area contributed by atoms with Crippen LogP contribution in [-0.2, 0) is 11.4 Å². The average molecular weight is 389 g/mol. The third kappa shape index (κ3) is 6.70. The number of hydrogen-bond donors (Lipinski definition) is 2. The van der Waals surface area contributed by atoms with Gasteiger partial charge in [-0.3, -0.25) is 4.79 Å². The highest BCUT2D eigenvalue weighted by molar-refractivity contribution is 5.84. The minimum atomic E-state index is -0.236. The number of carbonyl (C=O) groups excluding carboxylic acids is 1. The highest BCUT2D eigenvalue weighted by Gasteiger charge is 2.00. The largest absolute Gasteiger partial charge is 0.497 e. The highest BCUT2D eigenvalue weighted by atomic mass is 16.5. The molecule has 0 radical (unpaired) electrons. The fourth-order valence-electron chi connectivity index (χ4n) is 2.50. The smallest absolute Gasteiger partial charge is 0.259 e. The molecule has 6 nitrogen and oxygen atoms in total. The van der Waals surface area contributed by atoms with Gasteiger partial charge in [0, 0.05) is 5.69 Å². The molecule has 0 spiro atoms. The van der Waals surface area contributed by atoms with Crippen LogP contribution in [0, 0.1) is 0 Å². The molecule has 3 aromatic carbocycles. The fraction of sp³-hybridized carbons (Fsp3) is 0.130. The molecule has 2 N–H and O–H groups in total. The topological polar surface area (TPSA) is 72.0 Å². The van der Waals surface area contributed by atoms with Crippen molar-refractivity contribution >= 4 is 17.8 Å². The van der Waals surface area contributed by atoms with Crippen molar-refractivity contribution in [2.75, 3.05) is 19.0 Å². The Morgan fingerprint density at radius 3 is 2.31 bits per heavy atom. The van der Waals surface area contributed by atoms with Gasteiger partial charge in [0.1, 0.15) is 18.1 Å². The van der Waals surface area contributed by atoms with Gasteiger partial charge in [-0.25, -0.2) is 5.43 Å². The van der Waals surface area contributed by atoms with Gasteiger partial charge in [-0.15, -0.1) is 0 Å². The number of rotatable bonds is 9.